The summed E-state index contributed by atoms with van der Waals surface area (Å²) in [4.78, 5) is 47.8. The van der Waals surface area contributed by atoms with Crippen LogP contribution in [-0.2, 0) is 20.9 Å². The molecule has 0 aliphatic carbocycles. The second-order valence-corrected chi connectivity index (χ2v) is 5.10. The molecule has 0 radical (unpaired) electrons. The molecule has 126 valence electrons. The monoisotopic (exact) mass is 331 g/mol. The molecule has 0 unspecified atom stereocenters. The standard InChI is InChI=1S/C16H17N3O5/c1-11(12-5-3-2-4-6-12)17-14(21)10-24-15(22)9-19-8-7-13(20)18-16(19)23/h2-8,11H,9-10H2,1H3,(H,17,21)(H,18,20,23)/t11-/m1/s1. The number of carbonyl (C=O) groups is 2. The second kappa shape index (κ2) is 7.91. The molecular weight excluding hydrogens is 314 g/mol. The van der Waals surface area contributed by atoms with Crippen molar-refractivity contribution in [2.75, 3.05) is 6.61 Å². The Morgan fingerprint density at radius 1 is 1.21 bits per heavy atom. The van der Waals surface area contributed by atoms with Crippen molar-refractivity contribution in [3.8, 4) is 0 Å². The lowest BCUT2D eigenvalue weighted by Crippen LogP contribution is -2.34. The van der Waals surface area contributed by atoms with Gasteiger partial charge in [0.1, 0.15) is 6.54 Å². The molecule has 1 heterocycles. The van der Waals surface area contributed by atoms with Crippen molar-refractivity contribution in [3.63, 3.8) is 0 Å². The molecular formula is C16H17N3O5. The Labute approximate surface area is 137 Å². The van der Waals surface area contributed by atoms with Crippen LogP contribution in [-0.4, -0.2) is 28.0 Å². The van der Waals surface area contributed by atoms with Crippen molar-refractivity contribution in [1.29, 1.82) is 0 Å². The normalized spacial score (nSPS) is 11.5. The number of benzene rings is 1. The van der Waals surface area contributed by atoms with Crippen molar-refractivity contribution < 1.29 is 14.3 Å². The maximum absolute atomic E-state index is 11.8. The van der Waals surface area contributed by atoms with E-state index in [0.29, 0.717) is 0 Å². The predicted octanol–water partition coefficient (Wildman–Crippen LogP) is -0.0428. The highest BCUT2D eigenvalue weighted by atomic mass is 16.5. The van der Waals surface area contributed by atoms with Crippen molar-refractivity contribution in [2.45, 2.75) is 19.5 Å². The molecule has 0 spiro atoms. The van der Waals surface area contributed by atoms with Gasteiger partial charge in [-0.15, -0.1) is 0 Å². The molecule has 1 amide bonds. The number of hydrogen-bond donors (Lipinski definition) is 2. The summed E-state index contributed by atoms with van der Waals surface area (Å²) < 4.78 is 5.81. The van der Waals surface area contributed by atoms with Gasteiger partial charge < -0.3 is 10.1 Å². The van der Waals surface area contributed by atoms with E-state index in [1.165, 1.54) is 6.20 Å². The van der Waals surface area contributed by atoms with E-state index in [9.17, 15) is 19.2 Å². The quantitative estimate of drug-likeness (QED) is 0.722. The number of hydrogen-bond acceptors (Lipinski definition) is 5. The number of ether oxygens (including phenoxy) is 1. The minimum atomic E-state index is -0.758. The maximum Gasteiger partial charge on any atom is 0.328 e. The minimum Gasteiger partial charge on any atom is -0.454 e. The van der Waals surface area contributed by atoms with E-state index in [-0.39, 0.29) is 6.04 Å². The first kappa shape index (κ1) is 17.2. The lowest BCUT2D eigenvalue weighted by atomic mass is 10.1. The molecule has 2 aromatic rings. The van der Waals surface area contributed by atoms with E-state index < -0.39 is 36.3 Å². The summed E-state index contributed by atoms with van der Waals surface area (Å²) in [5.74, 6) is -1.21. The fourth-order valence-corrected chi connectivity index (χ4v) is 2.01. The van der Waals surface area contributed by atoms with Gasteiger partial charge in [0.2, 0.25) is 0 Å². The number of rotatable bonds is 6. The average molecular weight is 331 g/mol. The number of aromatic amines is 1. The molecule has 0 fully saturated rings. The number of nitrogens with zero attached hydrogens (tertiary/aromatic N) is 1. The van der Waals surface area contributed by atoms with Gasteiger partial charge in [0.15, 0.2) is 6.61 Å². The van der Waals surface area contributed by atoms with Crippen molar-refractivity contribution in [3.05, 3.63) is 69.0 Å². The van der Waals surface area contributed by atoms with Crippen LogP contribution in [0.4, 0.5) is 0 Å². The third-order valence-corrected chi connectivity index (χ3v) is 3.24. The van der Waals surface area contributed by atoms with E-state index >= 15 is 0 Å². The summed E-state index contributed by atoms with van der Waals surface area (Å²) in [6, 6.07) is 10.2. The Morgan fingerprint density at radius 2 is 1.92 bits per heavy atom. The Hall–Kier alpha value is -3.16. The molecule has 0 aliphatic heterocycles. The maximum atomic E-state index is 11.8. The van der Waals surface area contributed by atoms with Gasteiger partial charge in [-0.05, 0) is 12.5 Å². The number of esters is 1. The topological polar surface area (TPSA) is 110 Å². The number of carbonyl (C=O) groups excluding carboxylic acids is 2. The Kier molecular flexibility index (Phi) is 5.67. The van der Waals surface area contributed by atoms with Gasteiger partial charge >= 0.3 is 11.7 Å². The molecule has 0 saturated carbocycles. The first-order chi connectivity index (χ1) is 11.5. The number of nitrogens with one attached hydrogen (secondary N) is 2. The van der Waals surface area contributed by atoms with Gasteiger partial charge in [-0.1, -0.05) is 30.3 Å². The van der Waals surface area contributed by atoms with Crippen LogP contribution in [0.5, 0.6) is 0 Å². The largest absolute Gasteiger partial charge is 0.454 e. The van der Waals surface area contributed by atoms with Crippen LogP contribution in [0, 0.1) is 0 Å². The first-order valence-corrected chi connectivity index (χ1v) is 7.25. The van der Waals surface area contributed by atoms with Gasteiger partial charge in [-0.2, -0.15) is 0 Å². The van der Waals surface area contributed by atoms with Crippen LogP contribution in [0.25, 0.3) is 0 Å². The third kappa shape index (κ3) is 4.94. The van der Waals surface area contributed by atoms with Crippen molar-refractivity contribution >= 4 is 11.9 Å². The highest BCUT2D eigenvalue weighted by Gasteiger charge is 2.12. The molecule has 1 aromatic carbocycles. The number of aromatic nitrogens is 2. The van der Waals surface area contributed by atoms with Gasteiger partial charge in [-0.3, -0.25) is 23.9 Å². The first-order valence-electron chi connectivity index (χ1n) is 7.25. The molecule has 1 atom stereocenters. The van der Waals surface area contributed by atoms with E-state index in [0.717, 1.165) is 16.2 Å². The van der Waals surface area contributed by atoms with Crippen LogP contribution < -0.4 is 16.6 Å². The average Bonchev–Trinajstić information content (AvgIpc) is 2.56. The van der Waals surface area contributed by atoms with Crippen LogP contribution in [0.15, 0.2) is 52.2 Å². The summed E-state index contributed by atoms with van der Waals surface area (Å²) in [5, 5.41) is 2.70. The summed E-state index contributed by atoms with van der Waals surface area (Å²) in [6.07, 6.45) is 1.18. The fourth-order valence-electron chi connectivity index (χ4n) is 2.01. The second-order valence-electron chi connectivity index (χ2n) is 5.10. The smallest absolute Gasteiger partial charge is 0.328 e. The van der Waals surface area contributed by atoms with E-state index in [1.807, 2.05) is 42.2 Å². The van der Waals surface area contributed by atoms with Crippen LogP contribution >= 0.6 is 0 Å². The SMILES string of the molecule is C[C@@H](NC(=O)COC(=O)Cn1ccc(=O)[nH]c1=O)c1ccccc1. The number of H-pyrrole nitrogens is 1. The van der Waals surface area contributed by atoms with Crippen molar-refractivity contribution in [1.82, 2.24) is 14.9 Å². The lowest BCUT2D eigenvalue weighted by Gasteiger charge is -2.14. The zero-order valence-electron chi connectivity index (χ0n) is 13.0. The molecule has 0 bridgehead atoms. The predicted molar refractivity (Wildman–Crippen MR) is 85.3 cm³/mol. The molecule has 8 heteroatoms. The summed E-state index contributed by atoms with van der Waals surface area (Å²) >= 11 is 0. The summed E-state index contributed by atoms with van der Waals surface area (Å²) in [6.45, 7) is 0.972. The Balaban J connectivity index is 1.82. The highest BCUT2D eigenvalue weighted by Crippen LogP contribution is 2.10. The number of amides is 1. The molecule has 8 nitrogen and oxygen atoms in total. The fraction of sp³-hybridized carbons (Fsp3) is 0.250. The molecule has 2 rings (SSSR count). The lowest BCUT2D eigenvalue weighted by molar-refractivity contribution is -0.149. The Morgan fingerprint density at radius 3 is 2.58 bits per heavy atom. The third-order valence-electron chi connectivity index (χ3n) is 3.24. The zero-order chi connectivity index (χ0) is 17.5. The van der Waals surface area contributed by atoms with Gasteiger partial charge in [-0.25, -0.2) is 4.79 Å². The van der Waals surface area contributed by atoms with Crippen LogP contribution in [0.1, 0.15) is 18.5 Å². The molecule has 1 aromatic heterocycles. The van der Waals surface area contributed by atoms with Gasteiger partial charge in [0.25, 0.3) is 11.5 Å². The van der Waals surface area contributed by atoms with E-state index in [2.05, 4.69) is 5.32 Å². The van der Waals surface area contributed by atoms with Crippen LogP contribution in [0.2, 0.25) is 0 Å². The summed E-state index contributed by atoms with van der Waals surface area (Å²) in [5.41, 5.74) is -0.350. The van der Waals surface area contributed by atoms with Crippen molar-refractivity contribution in [2.24, 2.45) is 0 Å². The summed E-state index contributed by atoms with van der Waals surface area (Å²) in [7, 11) is 0. The van der Waals surface area contributed by atoms with E-state index in [1.54, 1.807) is 0 Å². The molecule has 24 heavy (non-hydrogen) atoms. The van der Waals surface area contributed by atoms with E-state index in [4.69, 9.17) is 4.74 Å². The Bertz CT molecular complexity index is 825. The molecule has 0 saturated heterocycles. The molecule has 0 aliphatic rings. The van der Waals surface area contributed by atoms with Gasteiger partial charge in [0, 0.05) is 12.3 Å². The van der Waals surface area contributed by atoms with Crippen LogP contribution in [0.3, 0.4) is 0 Å². The zero-order valence-corrected chi connectivity index (χ0v) is 13.0. The minimum absolute atomic E-state index is 0.223. The van der Waals surface area contributed by atoms with Gasteiger partial charge in [0.05, 0.1) is 6.04 Å². The molecule has 2 N–H and O–H groups in total. The highest BCUT2D eigenvalue weighted by molar-refractivity contribution is 5.80.